The van der Waals surface area contributed by atoms with Crippen LogP contribution in [0.25, 0.3) is 10.4 Å². The number of imide groups is 1. The van der Waals surface area contributed by atoms with Gasteiger partial charge < -0.3 is 5.11 Å². The van der Waals surface area contributed by atoms with Crippen LogP contribution in [0, 0.1) is 0 Å². The molecule has 1 aliphatic heterocycles. The Bertz CT molecular complexity index is 720. The zero-order chi connectivity index (χ0) is 18.4. The van der Waals surface area contributed by atoms with Crippen molar-refractivity contribution in [2.24, 2.45) is 5.11 Å². The molecule has 2 rings (SSSR count). The number of fused-ring (bicyclic) bond motifs is 1. The Morgan fingerprint density at radius 2 is 1.88 bits per heavy atom. The highest BCUT2D eigenvalue weighted by atomic mass is 16.4. The first-order chi connectivity index (χ1) is 12.0. The van der Waals surface area contributed by atoms with Crippen LogP contribution < -0.4 is 0 Å². The Morgan fingerprint density at radius 1 is 1.28 bits per heavy atom. The largest absolute Gasteiger partial charge is 0.480 e. The fourth-order valence-corrected chi connectivity index (χ4v) is 2.89. The number of azide groups is 1. The van der Waals surface area contributed by atoms with Gasteiger partial charge in [-0.05, 0) is 36.9 Å². The van der Waals surface area contributed by atoms with Crippen LogP contribution in [0.2, 0.25) is 0 Å². The van der Waals surface area contributed by atoms with E-state index in [0.29, 0.717) is 19.3 Å². The third kappa shape index (κ3) is 3.87. The summed E-state index contributed by atoms with van der Waals surface area (Å²) in [4.78, 5) is 40.0. The predicted molar refractivity (Wildman–Crippen MR) is 90.0 cm³/mol. The van der Waals surface area contributed by atoms with Gasteiger partial charge in [0.1, 0.15) is 6.04 Å². The molecule has 1 unspecified atom stereocenters. The van der Waals surface area contributed by atoms with Crippen molar-refractivity contribution in [3.8, 4) is 0 Å². The number of aliphatic carboxylic acids is 1. The van der Waals surface area contributed by atoms with Crippen molar-refractivity contribution >= 4 is 17.8 Å². The van der Waals surface area contributed by atoms with Crippen molar-refractivity contribution in [3.05, 3.63) is 58.5 Å². The third-order valence-electron chi connectivity index (χ3n) is 4.09. The van der Waals surface area contributed by atoms with Gasteiger partial charge >= 0.3 is 5.97 Å². The molecule has 2 amide bonds. The zero-order valence-corrected chi connectivity index (χ0v) is 13.5. The van der Waals surface area contributed by atoms with Crippen molar-refractivity contribution in [1.82, 2.24) is 4.90 Å². The summed E-state index contributed by atoms with van der Waals surface area (Å²) >= 11 is 0. The summed E-state index contributed by atoms with van der Waals surface area (Å²) in [7, 11) is 0. The lowest BCUT2D eigenvalue weighted by Crippen LogP contribution is -2.44. The second kappa shape index (κ2) is 8.12. The summed E-state index contributed by atoms with van der Waals surface area (Å²) in [5, 5.41) is 13.1. The van der Waals surface area contributed by atoms with Crippen LogP contribution in [-0.4, -0.2) is 39.9 Å². The monoisotopic (exact) mass is 342 g/mol. The smallest absolute Gasteiger partial charge is 0.326 e. The molecule has 130 valence electrons. The van der Waals surface area contributed by atoms with Crippen molar-refractivity contribution in [1.29, 1.82) is 0 Å². The van der Waals surface area contributed by atoms with Gasteiger partial charge in [0.25, 0.3) is 11.8 Å². The van der Waals surface area contributed by atoms with E-state index in [1.165, 1.54) is 12.1 Å². The molecule has 1 aromatic carbocycles. The average molecular weight is 342 g/mol. The summed E-state index contributed by atoms with van der Waals surface area (Å²) in [6, 6.07) is 4.71. The number of carbonyl (C=O) groups excluding carboxylic acids is 2. The summed E-state index contributed by atoms with van der Waals surface area (Å²) in [6.45, 7) is 3.59. The number of rotatable bonds is 9. The lowest BCUT2D eigenvalue weighted by molar-refractivity contribution is -0.141. The van der Waals surface area contributed by atoms with Crippen LogP contribution in [0.1, 0.15) is 46.4 Å². The summed E-state index contributed by atoms with van der Waals surface area (Å²) in [5.74, 6) is -2.42. The number of carboxylic acid groups (broad SMARTS) is 1. The number of carboxylic acids is 1. The molecule has 1 aromatic rings. The molecule has 0 saturated carbocycles. The topological polar surface area (TPSA) is 123 Å². The molecule has 1 heterocycles. The minimum atomic E-state index is -1.25. The Hall–Kier alpha value is -3.12. The van der Waals surface area contributed by atoms with Crippen LogP contribution in [0.5, 0.6) is 0 Å². The van der Waals surface area contributed by atoms with Crippen molar-refractivity contribution < 1.29 is 19.5 Å². The molecule has 0 aliphatic carbocycles. The van der Waals surface area contributed by atoms with Crippen LogP contribution >= 0.6 is 0 Å². The van der Waals surface area contributed by atoms with Gasteiger partial charge in [-0.3, -0.25) is 14.5 Å². The highest BCUT2D eigenvalue weighted by molar-refractivity contribution is 6.22. The van der Waals surface area contributed by atoms with E-state index in [1.54, 1.807) is 18.2 Å². The Kier molecular flexibility index (Phi) is 5.92. The first-order valence-corrected chi connectivity index (χ1v) is 7.86. The van der Waals surface area contributed by atoms with Gasteiger partial charge in [-0.15, -0.1) is 6.58 Å². The molecule has 0 spiro atoms. The van der Waals surface area contributed by atoms with Crippen LogP contribution in [0.3, 0.4) is 0 Å². The van der Waals surface area contributed by atoms with Crippen LogP contribution in [-0.2, 0) is 4.79 Å². The number of amides is 2. The first-order valence-electron chi connectivity index (χ1n) is 7.86. The number of hydrogen-bond donors (Lipinski definition) is 1. The van der Waals surface area contributed by atoms with E-state index in [-0.39, 0.29) is 23.6 Å². The summed E-state index contributed by atoms with van der Waals surface area (Å²) in [6.07, 6.45) is 3.04. The van der Waals surface area contributed by atoms with E-state index < -0.39 is 23.8 Å². The van der Waals surface area contributed by atoms with E-state index in [2.05, 4.69) is 16.6 Å². The first kappa shape index (κ1) is 18.2. The van der Waals surface area contributed by atoms with E-state index in [4.69, 9.17) is 5.53 Å². The lowest BCUT2D eigenvalue weighted by atomic mass is 10.0. The molecule has 0 saturated heterocycles. The fourth-order valence-electron chi connectivity index (χ4n) is 2.89. The lowest BCUT2D eigenvalue weighted by Gasteiger charge is -2.22. The second-order valence-electron chi connectivity index (χ2n) is 5.69. The molecule has 0 fully saturated rings. The van der Waals surface area contributed by atoms with Gasteiger partial charge in [0.2, 0.25) is 0 Å². The predicted octanol–water partition coefficient (Wildman–Crippen LogP) is 3.16. The van der Waals surface area contributed by atoms with E-state index in [9.17, 15) is 19.5 Å². The maximum absolute atomic E-state index is 12.4. The fraction of sp³-hybridized carbons (Fsp3) is 0.353. The van der Waals surface area contributed by atoms with Crippen LogP contribution in [0.15, 0.2) is 42.0 Å². The van der Waals surface area contributed by atoms with E-state index in [1.807, 2.05) is 0 Å². The number of carbonyl (C=O) groups is 3. The molecule has 2 atom stereocenters. The van der Waals surface area contributed by atoms with E-state index >= 15 is 0 Å². The van der Waals surface area contributed by atoms with Crippen molar-refractivity contribution in [2.45, 2.75) is 37.8 Å². The maximum atomic E-state index is 12.4. The summed E-state index contributed by atoms with van der Waals surface area (Å²) < 4.78 is 0. The maximum Gasteiger partial charge on any atom is 0.326 e. The Morgan fingerprint density at radius 3 is 2.36 bits per heavy atom. The minimum absolute atomic E-state index is 0.0927. The third-order valence-corrected chi connectivity index (χ3v) is 4.09. The normalized spacial score (nSPS) is 15.3. The Balaban J connectivity index is 2.10. The standard InChI is InChI=1S/C17H18N4O4/c1-2-6-11(19-20-18)7-5-10-14(17(24)25)21-15(22)12-8-3-4-9-13(12)16(21)23/h2-4,8-9,11,14H,1,5-7,10H2,(H,24,25)/t11?,14-/m0/s1. The molecule has 8 heteroatoms. The highest BCUT2D eigenvalue weighted by Crippen LogP contribution is 2.26. The summed E-state index contributed by atoms with van der Waals surface area (Å²) in [5.41, 5.74) is 8.97. The highest BCUT2D eigenvalue weighted by Gasteiger charge is 2.42. The number of nitrogens with zero attached hydrogens (tertiary/aromatic N) is 4. The number of benzene rings is 1. The van der Waals surface area contributed by atoms with E-state index in [0.717, 1.165) is 4.90 Å². The Labute approximate surface area is 144 Å². The molecule has 1 N–H and O–H groups in total. The van der Waals surface area contributed by atoms with Gasteiger partial charge in [0.15, 0.2) is 0 Å². The molecule has 25 heavy (non-hydrogen) atoms. The zero-order valence-electron chi connectivity index (χ0n) is 13.5. The molecule has 0 aromatic heterocycles. The van der Waals surface area contributed by atoms with Gasteiger partial charge in [-0.25, -0.2) is 4.79 Å². The second-order valence-corrected chi connectivity index (χ2v) is 5.69. The van der Waals surface area contributed by atoms with Gasteiger partial charge in [0.05, 0.1) is 11.1 Å². The molecular formula is C17H18N4O4. The quantitative estimate of drug-likeness (QED) is 0.243. The minimum Gasteiger partial charge on any atom is -0.480 e. The van der Waals surface area contributed by atoms with Crippen molar-refractivity contribution in [3.63, 3.8) is 0 Å². The SMILES string of the molecule is C=CCC(CCC[C@@H](C(=O)O)N1C(=O)c2ccccc2C1=O)N=[N+]=[N-]. The molecular weight excluding hydrogens is 324 g/mol. The van der Waals surface area contributed by atoms with Crippen LogP contribution in [0.4, 0.5) is 0 Å². The van der Waals surface area contributed by atoms with Gasteiger partial charge in [-0.1, -0.05) is 29.7 Å². The molecule has 0 bridgehead atoms. The number of hydrogen-bond acceptors (Lipinski definition) is 4. The molecule has 0 radical (unpaired) electrons. The van der Waals surface area contributed by atoms with Gasteiger partial charge in [-0.2, -0.15) is 0 Å². The van der Waals surface area contributed by atoms with Crippen molar-refractivity contribution in [2.75, 3.05) is 0 Å². The molecule has 1 aliphatic rings. The molecule has 8 nitrogen and oxygen atoms in total. The average Bonchev–Trinajstić information content (AvgIpc) is 2.84. The van der Waals surface area contributed by atoms with Gasteiger partial charge in [0, 0.05) is 11.0 Å².